The zero-order valence-corrected chi connectivity index (χ0v) is 11.3. The molecule has 1 N–H and O–H groups in total. The largest absolute Gasteiger partial charge is 0.493 e. The molecule has 1 heterocycles. The van der Waals surface area contributed by atoms with Gasteiger partial charge >= 0.3 is 0 Å². The van der Waals surface area contributed by atoms with Gasteiger partial charge in [0.2, 0.25) is 5.75 Å². The fraction of sp³-hybridized carbons (Fsp3) is 0.385. The van der Waals surface area contributed by atoms with Crippen LogP contribution in [0.4, 0.5) is 0 Å². The SMILES string of the molecule is COc1cc(CN2C=CN(O)C2)cc(OC)c1OC. The zero-order chi connectivity index (χ0) is 13.8. The molecule has 0 amide bonds. The smallest absolute Gasteiger partial charge is 0.203 e. The molecule has 1 aliphatic heterocycles. The van der Waals surface area contributed by atoms with Gasteiger partial charge in [-0.05, 0) is 17.7 Å². The van der Waals surface area contributed by atoms with Crippen molar-refractivity contribution in [2.45, 2.75) is 6.54 Å². The molecule has 6 heteroatoms. The number of hydrogen-bond acceptors (Lipinski definition) is 6. The third-order valence-corrected chi connectivity index (χ3v) is 2.89. The summed E-state index contributed by atoms with van der Waals surface area (Å²) in [4.78, 5) is 1.96. The van der Waals surface area contributed by atoms with Gasteiger partial charge in [0, 0.05) is 18.9 Å². The van der Waals surface area contributed by atoms with E-state index in [1.807, 2.05) is 23.2 Å². The van der Waals surface area contributed by atoms with E-state index in [9.17, 15) is 5.21 Å². The van der Waals surface area contributed by atoms with Gasteiger partial charge in [-0.3, -0.25) is 5.21 Å². The first-order valence-electron chi connectivity index (χ1n) is 5.84. The predicted octanol–water partition coefficient (Wildman–Crippen LogP) is 1.65. The van der Waals surface area contributed by atoms with Crippen molar-refractivity contribution in [3.63, 3.8) is 0 Å². The Bertz CT molecular complexity index is 451. The Morgan fingerprint density at radius 3 is 2.11 bits per heavy atom. The average Bonchev–Trinajstić information content (AvgIpc) is 2.82. The van der Waals surface area contributed by atoms with Gasteiger partial charge in [-0.2, -0.15) is 0 Å². The third kappa shape index (κ3) is 2.85. The van der Waals surface area contributed by atoms with Gasteiger partial charge in [0.25, 0.3) is 0 Å². The first-order chi connectivity index (χ1) is 9.17. The Morgan fingerprint density at radius 2 is 1.68 bits per heavy atom. The lowest BCUT2D eigenvalue weighted by molar-refractivity contribution is -0.0555. The maximum Gasteiger partial charge on any atom is 0.203 e. The molecule has 0 bridgehead atoms. The first-order valence-corrected chi connectivity index (χ1v) is 5.84. The number of rotatable bonds is 5. The van der Waals surface area contributed by atoms with Crippen LogP contribution in [0.15, 0.2) is 24.5 Å². The first kappa shape index (κ1) is 13.4. The van der Waals surface area contributed by atoms with E-state index in [0.717, 1.165) is 10.6 Å². The van der Waals surface area contributed by atoms with Gasteiger partial charge in [-0.15, -0.1) is 0 Å². The summed E-state index contributed by atoms with van der Waals surface area (Å²) in [6.07, 6.45) is 3.43. The fourth-order valence-electron chi connectivity index (χ4n) is 2.02. The molecule has 1 aliphatic rings. The van der Waals surface area contributed by atoms with Crippen molar-refractivity contribution < 1.29 is 19.4 Å². The predicted molar refractivity (Wildman–Crippen MR) is 69.3 cm³/mol. The molecule has 0 saturated heterocycles. The second-order valence-corrected chi connectivity index (χ2v) is 4.16. The molecule has 1 aromatic rings. The molecule has 2 rings (SSSR count). The van der Waals surface area contributed by atoms with Gasteiger partial charge in [-0.25, -0.2) is 5.06 Å². The summed E-state index contributed by atoms with van der Waals surface area (Å²) in [7, 11) is 4.76. The van der Waals surface area contributed by atoms with Crippen LogP contribution < -0.4 is 14.2 Å². The minimum absolute atomic E-state index is 0.441. The Hall–Kier alpha value is -2.08. The van der Waals surface area contributed by atoms with Crippen molar-refractivity contribution in [2.24, 2.45) is 0 Å². The highest BCUT2D eigenvalue weighted by Gasteiger charge is 2.16. The van der Waals surface area contributed by atoms with E-state index in [0.29, 0.717) is 30.5 Å². The van der Waals surface area contributed by atoms with E-state index >= 15 is 0 Å². The summed E-state index contributed by atoms with van der Waals surface area (Å²) >= 11 is 0. The maximum absolute atomic E-state index is 9.30. The summed E-state index contributed by atoms with van der Waals surface area (Å²) in [6, 6.07) is 3.80. The molecule has 1 aromatic carbocycles. The van der Waals surface area contributed by atoms with Crippen LogP contribution in [-0.2, 0) is 6.54 Å². The lowest BCUT2D eigenvalue weighted by Gasteiger charge is -2.19. The molecular formula is C13H18N2O4. The Labute approximate surface area is 112 Å². The van der Waals surface area contributed by atoms with E-state index in [-0.39, 0.29) is 0 Å². The van der Waals surface area contributed by atoms with E-state index in [2.05, 4.69) is 0 Å². The molecule has 0 radical (unpaired) electrons. The highest BCUT2D eigenvalue weighted by atomic mass is 16.5. The lowest BCUT2D eigenvalue weighted by Crippen LogP contribution is -2.22. The van der Waals surface area contributed by atoms with E-state index in [1.165, 1.54) is 0 Å². The number of benzene rings is 1. The van der Waals surface area contributed by atoms with Crippen LogP contribution >= 0.6 is 0 Å². The van der Waals surface area contributed by atoms with Gasteiger partial charge in [0.15, 0.2) is 11.5 Å². The summed E-state index contributed by atoms with van der Waals surface area (Å²) in [5.41, 5.74) is 1.01. The van der Waals surface area contributed by atoms with Crippen molar-refractivity contribution in [1.29, 1.82) is 0 Å². The van der Waals surface area contributed by atoms with Crippen LogP contribution in [0.1, 0.15) is 5.56 Å². The standard InChI is InChI=1S/C13H18N2O4/c1-17-11-6-10(7-12(18-2)13(11)19-3)8-14-4-5-15(16)9-14/h4-7,16H,8-9H2,1-3H3. The van der Waals surface area contributed by atoms with Crippen LogP contribution in [0.2, 0.25) is 0 Å². The molecule has 0 atom stereocenters. The van der Waals surface area contributed by atoms with Crippen LogP contribution in [0, 0.1) is 0 Å². The highest BCUT2D eigenvalue weighted by molar-refractivity contribution is 5.53. The minimum atomic E-state index is 0.441. The van der Waals surface area contributed by atoms with Gasteiger partial charge < -0.3 is 19.1 Å². The van der Waals surface area contributed by atoms with Crippen LogP contribution in [-0.4, -0.2) is 43.2 Å². The molecule has 0 spiro atoms. The van der Waals surface area contributed by atoms with Gasteiger partial charge in [-0.1, -0.05) is 0 Å². The fourth-order valence-corrected chi connectivity index (χ4v) is 2.02. The Kier molecular flexibility index (Phi) is 4.01. The molecule has 6 nitrogen and oxygen atoms in total. The average molecular weight is 266 g/mol. The van der Waals surface area contributed by atoms with Crippen molar-refractivity contribution >= 4 is 0 Å². The Balaban J connectivity index is 2.23. The number of nitrogens with zero attached hydrogens (tertiary/aromatic N) is 2. The van der Waals surface area contributed by atoms with Crippen LogP contribution in [0.3, 0.4) is 0 Å². The Morgan fingerprint density at radius 1 is 1.05 bits per heavy atom. The maximum atomic E-state index is 9.30. The zero-order valence-electron chi connectivity index (χ0n) is 11.3. The molecule has 0 aromatic heterocycles. The topological polar surface area (TPSA) is 54.4 Å². The monoisotopic (exact) mass is 266 g/mol. The third-order valence-electron chi connectivity index (χ3n) is 2.89. The van der Waals surface area contributed by atoms with Crippen molar-refractivity contribution in [1.82, 2.24) is 9.96 Å². The molecule has 104 valence electrons. The summed E-state index contributed by atoms with van der Waals surface area (Å²) in [6.45, 7) is 1.08. The normalized spacial score (nSPS) is 13.9. The molecule has 0 aliphatic carbocycles. The van der Waals surface area contributed by atoms with Crippen LogP contribution in [0.5, 0.6) is 17.2 Å². The van der Waals surface area contributed by atoms with Crippen molar-refractivity contribution in [3.05, 3.63) is 30.1 Å². The molecule has 0 fully saturated rings. The number of ether oxygens (including phenoxy) is 3. The van der Waals surface area contributed by atoms with E-state index in [1.54, 1.807) is 27.5 Å². The van der Waals surface area contributed by atoms with E-state index < -0.39 is 0 Å². The second-order valence-electron chi connectivity index (χ2n) is 4.16. The second kappa shape index (κ2) is 5.71. The molecule has 0 saturated carbocycles. The summed E-state index contributed by atoms with van der Waals surface area (Å²) in [5, 5.41) is 10.4. The highest BCUT2D eigenvalue weighted by Crippen LogP contribution is 2.38. The van der Waals surface area contributed by atoms with Crippen LogP contribution in [0.25, 0.3) is 0 Å². The summed E-state index contributed by atoms with van der Waals surface area (Å²) in [5.74, 6) is 1.83. The molecule has 0 unspecified atom stereocenters. The van der Waals surface area contributed by atoms with Gasteiger partial charge in [0.05, 0.1) is 21.3 Å². The quantitative estimate of drug-likeness (QED) is 0.874. The van der Waals surface area contributed by atoms with E-state index in [4.69, 9.17) is 14.2 Å². The van der Waals surface area contributed by atoms with Gasteiger partial charge in [0.1, 0.15) is 6.67 Å². The number of hydrogen-bond donors (Lipinski definition) is 1. The van der Waals surface area contributed by atoms with Crippen molar-refractivity contribution in [2.75, 3.05) is 28.0 Å². The lowest BCUT2D eigenvalue weighted by atomic mass is 10.1. The number of methoxy groups -OCH3 is 3. The number of hydroxylamine groups is 2. The minimum Gasteiger partial charge on any atom is -0.493 e. The molecule has 19 heavy (non-hydrogen) atoms. The summed E-state index contributed by atoms with van der Waals surface area (Å²) < 4.78 is 15.9. The van der Waals surface area contributed by atoms with Crippen molar-refractivity contribution in [3.8, 4) is 17.2 Å². The molecular weight excluding hydrogens is 248 g/mol.